The molecule has 3 amide bonds. The molecule has 0 aromatic carbocycles. The minimum atomic E-state index is -0.316. The van der Waals surface area contributed by atoms with E-state index in [2.05, 4.69) is 10.6 Å². The second-order valence-electron chi connectivity index (χ2n) is 6.12. The van der Waals surface area contributed by atoms with E-state index in [9.17, 15) is 14.4 Å². The molecule has 0 spiro atoms. The number of carbonyl (C=O) groups excluding carboxylic acids is 3. The molecule has 23 heavy (non-hydrogen) atoms. The van der Waals surface area contributed by atoms with Crippen molar-refractivity contribution < 1.29 is 18.8 Å². The molecule has 0 saturated carbocycles. The maximum Gasteiger partial charge on any atom is 0.287 e. The summed E-state index contributed by atoms with van der Waals surface area (Å²) in [5.41, 5.74) is 0. The highest BCUT2D eigenvalue weighted by molar-refractivity contribution is 5.91. The van der Waals surface area contributed by atoms with Crippen LogP contribution in [0.4, 0.5) is 0 Å². The van der Waals surface area contributed by atoms with E-state index in [1.54, 1.807) is 17.0 Å². The van der Waals surface area contributed by atoms with Gasteiger partial charge >= 0.3 is 0 Å². The normalized spacial score (nSPS) is 17.6. The summed E-state index contributed by atoms with van der Waals surface area (Å²) in [6.07, 6.45) is 1.69. The van der Waals surface area contributed by atoms with Crippen LogP contribution in [0.15, 0.2) is 22.8 Å². The Morgan fingerprint density at radius 2 is 2.09 bits per heavy atom. The van der Waals surface area contributed by atoms with Gasteiger partial charge in [0.1, 0.15) is 0 Å². The van der Waals surface area contributed by atoms with Gasteiger partial charge in [0.15, 0.2) is 5.76 Å². The van der Waals surface area contributed by atoms with Crippen molar-refractivity contribution in [1.82, 2.24) is 15.5 Å². The van der Waals surface area contributed by atoms with Crippen LogP contribution in [0.3, 0.4) is 0 Å². The Bertz CT molecular complexity index is 554. The third kappa shape index (κ3) is 4.84. The average Bonchev–Trinajstić information content (AvgIpc) is 3.13. The second kappa shape index (κ2) is 7.80. The van der Waals surface area contributed by atoms with Crippen LogP contribution < -0.4 is 10.6 Å². The van der Waals surface area contributed by atoms with Gasteiger partial charge in [-0.25, -0.2) is 0 Å². The van der Waals surface area contributed by atoms with Gasteiger partial charge in [0.05, 0.1) is 12.2 Å². The van der Waals surface area contributed by atoms with Crippen LogP contribution in [0.2, 0.25) is 0 Å². The van der Waals surface area contributed by atoms with Crippen molar-refractivity contribution >= 4 is 17.7 Å². The molecule has 1 atom stereocenters. The summed E-state index contributed by atoms with van der Waals surface area (Å²) in [5.74, 6) is -0.105. The van der Waals surface area contributed by atoms with Crippen molar-refractivity contribution in [3.05, 3.63) is 24.2 Å². The van der Waals surface area contributed by atoms with E-state index in [1.165, 1.54) is 6.26 Å². The van der Waals surface area contributed by atoms with Gasteiger partial charge in [-0.2, -0.15) is 0 Å². The van der Waals surface area contributed by atoms with Gasteiger partial charge in [-0.05, 0) is 18.1 Å². The Kier molecular flexibility index (Phi) is 5.78. The van der Waals surface area contributed by atoms with Crippen molar-refractivity contribution in [2.24, 2.45) is 11.8 Å². The zero-order valence-electron chi connectivity index (χ0n) is 13.5. The van der Waals surface area contributed by atoms with Crippen LogP contribution in [0, 0.1) is 11.8 Å². The number of likely N-dealkylation sites (tertiary alicyclic amines) is 1. The summed E-state index contributed by atoms with van der Waals surface area (Å²) >= 11 is 0. The lowest BCUT2D eigenvalue weighted by molar-refractivity contribution is -0.129. The van der Waals surface area contributed by atoms with Crippen LogP contribution >= 0.6 is 0 Å². The highest BCUT2D eigenvalue weighted by Crippen LogP contribution is 2.18. The number of amides is 3. The highest BCUT2D eigenvalue weighted by Gasteiger charge is 2.34. The predicted octanol–water partition coefficient (Wildman–Crippen LogP) is 0.630. The first-order valence-corrected chi connectivity index (χ1v) is 7.84. The van der Waals surface area contributed by atoms with Gasteiger partial charge in [0.25, 0.3) is 5.91 Å². The molecule has 126 valence electrons. The summed E-state index contributed by atoms with van der Waals surface area (Å²) in [6, 6.07) is 3.21. The van der Waals surface area contributed by atoms with Crippen molar-refractivity contribution in [1.29, 1.82) is 0 Å². The summed E-state index contributed by atoms with van der Waals surface area (Å²) < 4.78 is 4.97. The van der Waals surface area contributed by atoms with E-state index >= 15 is 0 Å². The third-order valence-electron chi connectivity index (χ3n) is 3.63. The quantitative estimate of drug-likeness (QED) is 0.721. The topological polar surface area (TPSA) is 91.7 Å². The first kappa shape index (κ1) is 17.1. The first-order valence-electron chi connectivity index (χ1n) is 7.84. The van der Waals surface area contributed by atoms with E-state index in [1.807, 2.05) is 13.8 Å². The molecule has 1 saturated heterocycles. The number of nitrogens with zero attached hydrogens (tertiary/aromatic N) is 1. The van der Waals surface area contributed by atoms with E-state index in [-0.39, 0.29) is 35.8 Å². The zero-order chi connectivity index (χ0) is 16.8. The van der Waals surface area contributed by atoms with Crippen LogP contribution in [0.25, 0.3) is 0 Å². The molecule has 0 radical (unpaired) electrons. The van der Waals surface area contributed by atoms with E-state index in [0.717, 1.165) is 0 Å². The molecule has 2 rings (SSSR count). The minimum Gasteiger partial charge on any atom is -0.459 e. The molecule has 1 aliphatic heterocycles. The fraction of sp³-hybridized carbons (Fsp3) is 0.562. The molecule has 1 aliphatic rings. The number of rotatable bonds is 7. The lowest BCUT2D eigenvalue weighted by Gasteiger charge is -2.18. The average molecular weight is 321 g/mol. The Morgan fingerprint density at radius 3 is 2.74 bits per heavy atom. The SMILES string of the molecule is CC(C)CN1C[C@H](C(=O)NCCNC(=O)c2ccco2)CC1=O. The highest BCUT2D eigenvalue weighted by atomic mass is 16.3. The van der Waals surface area contributed by atoms with E-state index < -0.39 is 0 Å². The van der Waals surface area contributed by atoms with Gasteiger partial charge < -0.3 is 20.0 Å². The van der Waals surface area contributed by atoms with Gasteiger partial charge in [0.2, 0.25) is 11.8 Å². The summed E-state index contributed by atoms with van der Waals surface area (Å²) in [7, 11) is 0. The number of hydrogen-bond donors (Lipinski definition) is 2. The van der Waals surface area contributed by atoms with Gasteiger partial charge in [-0.3, -0.25) is 14.4 Å². The molecule has 2 heterocycles. The second-order valence-corrected chi connectivity index (χ2v) is 6.12. The molecule has 2 N–H and O–H groups in total. The van der Waals surface area contributed by atoms with Gasteiger partial charge in [-0.1, -0.05) is 13.8 Å². The zero-order valence-corrected chi connectivity index (χ0v) is 13.5. The van der Waals surface area contributed by atoms with Crippen molar-refractivity contribution in [3.8, 4) is 0 Å². The molecule has 1 aromatic heterocycles. The summed E-state index contributed by atoms with van der Waals surface area (Å²) in [5, 5.41) is 5.41. The molecular weight excluding hydrogens is 298 g/mol. The van der Waals surface area contributed by atoms with Crippen molar-refractivity contribution in [2.75, 3.05) is 26.2 Å². The molecule has 7 heteroatoms. The fourth-order valence-electron chi connectivity index (χ4n) is 2.57. The number of carbonyl (C=O) groups is 3. The van der Waals surface area contributed by atoms with Crippen LogP contribution in [0.5, 0.6) is 0 Å². The van der Waals surface area contributed by atoms with Crippen molar-refractivity contribution in [3.63, 3.8) is 0 Å². The molecule has 1 fully saturated rings. The van der Waals surface area contributed by atoms with Crippen LogP contribution in [0.1, 0.15) is 30.8 Å². The van der Waals surface area contributed by atoms with Gasteiger partial charge in [-0.15, -0.1) is 0 Å². The maximum atomic E-state index is 12.1. The molecule has 7 nitrogen and oxygen atoms in total. The summed E-state index contributed by atoms with van der Waals surface area (Å²) in [6.45, 7) is 5.87. The summed E-state index contributed by atoms with van der Waals surface area (Å²) in [4.78, 5) is 37.3. The fourth-order valence-corrected chi connectivity index (χ4v) is 2.57. The Morgan fingerprint density at radius 1 is 1.35 bits per heavy atom. The largest absolute Gasteiger partial charge is 0.459 e. The molecular formula is C16H23N3O4. The number of furan rings is 1. The lowest BCUT2D eigenvalue weighted by Crippen LogP contribution is -2.38. The maximum absolute atomic E-state index is 12.1. The Labute approximate surface area is 135 Å². The molecule has 0 bridgehead atoms. The van der Waals surface area contributed by atoms with Crippen LogP contribution in [-0.4, -0.2) is 48.8 Å². The molecule has 1 aromatic rings. The standard InChI is InChI=1S/C16H23N3O4/c1-11(2)9-19-10-12(8-14(19)20)15(21)17-5-6-18-16(22)13-4-3-7-23-13/h3-4,7,11-12H,5-6,8-10H2,1-2H3,(H,17,21)(H,18,22)/t12-/m1/s1. The molecule has 0 aliphatic carbocycles. The van der Waals surface area contributed by atoms with E-state index in [4.69, 9.17) is 4.42 Å². The number of hydrogen-bond acceptors (Lipinski definition) is 4. The first-order chi connectivity index (χ1) is 11.0. The monoisotopic (exact) mass is 321 g/mol. The smallest absolute Gasteiger partial charge is 0.287 e. The number of nitrogens with one attached hydrogen (secondary N) is 2. The molecule has 0 unspecified atom stereocenters. The van der Waals surface area contributed by atoms with E-state index in [0.29, 0.717) is 32.1 Å². The van der Waals surface area contributed by atoms with Crippen LogP contribution in [-0.2, 0) is 9.59 Å². The minimum absolute atomic E-state index is 0.0324. The third-order valence-corrected chi connectivity index (χ3v) is 3.63. The van der Waals surface area contributed by atoms with Crippen molar-refractivity contribution in [2.45, 2.75) is 20.3 Å². The Hall–Kier alpha value is -2.31. The van der Waals surface area contributed by atoms with Gasteiger partial charge in [0, 0.05) is 32.6 Å². The lowest BCUT2D eigenvalue weighted by atomic mass is 10.1. The Balaban J connectivity index is 1.67. The predicted molar refractivity (Wildman–Crippen MR) is 83.6 cm³/mol.